The zero-order valence-corrected chi connectivity index (χ0v) is 28.3. The van der Waals surface area contributed by atoms with Gasteiger partial charge >= 0.3 is 23.9 Å². The van der Waals surface area contributed by atoms with Crippen molar-refractivity contribution in [2.45, 2.75) is 37.8 Å². The van der Waals surface area contributed by atoms with Crippen LogP contribution < -0.4 is 0 Å². The lowest BCUT2D eigenvalue weighted by Gasteiger charge is -2.33. The van der Waals surface area contributed by atoms with E-state index in [0.717, 1.165) is 0 Å². The molecule has 0 bridgehead atoms. The number of hydrogen-bond acceptors (Lipinski definition) is 8. The number of amides is 4. The van der Waals surface area contributed by atoms with Gasteiger partial charge in [0.25, 0.3) is 23.6 Å². The molecule has 0 spiro atoms. The summed E-state index contributed by atoms with van der Waals surface area (Å²) in [5.41, 5.74) is 0.0311. The molecule has 14 nitrogen and oxygen atoms in total. The van der Waals surface area contributed by atoms with Crippen molar-refractivity contribution in [2.75, 3.05) is 0 Å². The molecule has 5 aromatic carbocycles. The van der Waals surface area contributed by atoms with E-state index in [9.17, 15) is 48.6 Å². The lowest BCUT2D eigenvalue weighted by molar-refractivity contribution is -0.144. The maximum absolute atomic E-state index is 13.9. The first-order valence-corrected chi connectivity index (χ1v) is 16.5. The predicted octanol–water partition coefficient (Wildman–Crippen LogP) is 5.09. The van der Waals surface area contributed by atoms with Crippen LogP contribution in [-0.4, -0.2) is 89.8 Å². The zero-order chi connectivity index (χ0) is 36.1. The van der Waals surface area contributed by atoms with Crippen LogP contribution in [0.2, 0.25) is 0 Å². The summed E-state index contributed by atoms with van der Waals surface area (Å²) in [6, 6.07) is 5.45. The molecule has 2 aliphatic rings. The smallest absolute Gasteiger partial charge is 0.326 e. The number of carboxylic acids is 4. The van der Waals surface area contributed by atoms with Gasteiger partial charge in [-0.1, -0.05) is 44.0 Å². The highest BCUT2D eigenvalue weighted by Gasteiger charge is 2.44. The van der Waals surface area contributed by atoms with E-state index < -0.39 is 85.3 Å². The number of halogens is 2. The Morgan fingerprint density at radius 1 is 0.520 bits per heavy atom. The third kappa shape index (κ3) is 4.58. The van der Waals surface area contributed by atoms with Gasteiger partial charge in [0.05, 0.1) is 0 Å². The monoisotopic (exact) mass is 806 g/mol. The minimum Gasteiger partial charge on any atom is -0.481 e. The third-order valence-corrected chi connectivity index (χ3v) is 10.5. The van der Waals surface area contributed by atoms with E-state index in [0.29, 0.717) is 51.1 Å². The average molecular weight is 808 g/mol. The van der Waals surface area contributed by atoms with Crippen molar-refractivity contribution in [1.29, 1.82) is 0 Å². The van der Waals surface area contributed by atoms with Gasteiger partial charge in [0.15, 0.2) is 0 Å². The summed E-state index contributed by atoms with van der Waals surface area (Å²) in [4.78, 5) is 104. The van der Waals surface area contributed by atoms with Gasteiger partial charge in [-0.2, -0.15) is 0 Å². The van der Waals surface area contributed by atoms with E-state index in [-0.39, 0.29) is 33.0 Å². The molecule has 7 rings (SSSR count). The Morgan fingerprint density at radius 2 is 0.860 bits per heavy atom. The van der Waals surface area contributed by atoms with Crippen LogP contribution in [0.4, 0.5) is 0 Å². The van der Waals surface area contributed by atoms with Gasteiger partial charge in [-0.15, -0.1) is 0 Å². The number of imide groups is 2. The molecule has 5 aromatic rings. The maximum Gasteiger partial charge on any atom is 0.326 e. The van der Waals surface area contributed by atoms with Crippen LogP contribution in [0.5, 0.6) is 0 Å². The topological polar surface area (TPSA) is 224 Å². The molecule has 16 heteroatoms. The third-order valence-electron chi connectivity index (χ3n) is 9.26. The summed E-state index contributed by atoms with van der Waals surface area (Å²) in [6.45, 7) is 0. The minimum atomic E-state index is -1.74. The van der Waals surface area contributed by atoms with Crippen molar-refractivity contribution < 1.29 is 58.8 Å². The fourth-order valence-electron chi connectivity index (χ4n) is 7.22. The van der Waals surface area contributed by atoms with E-state index in [1.165, 1.54) is 24.3 Å². The van der Waals surface area contributed by atoms with E-state index in [2.05, 4.69) is 31.9 Å². The van der Waals surface area contributed by atoms with Crippen LogP contribution in [0, 0.1) is 0 Å². The first-order chi connectivity index (χ1) is 23.6. The van der Waals surface area contributed by atoms with E-state index in [1.807, 2.05) is 0 Å². The summed E-state index contributed by atoms with van der Waals surface area (Å²) < 4.78 is 0.714. The second-order valence-corrected chi connectivity index (χ2v) is 13.6. The molecule has 4 N–H and O–H groups in total. The molecule has 50 heavy (non-hydrogen) atoms. The summed E-state index contributed by atoms with van der Waals surface area (Å²) in [5.74, 6) is -9.36. The molecule has 0 saturated heterocycles. The highest BCUT2D eigenvalue weighted by molar-refractivity contribution is 9.11. The van der Waals surface area contributed by atoms with Crippen molar-refractivity contribution in [3.05, 3.63) is 67.6 Å². The van der Waals surface area contributed by atoms with Crippen molar-refractivity contribution >= 4 is 122 Å². The van der Waals surface area contributed by atoms with E-state index >= 15 is 0 Å². The molecule has 0 unspecified atom stereocenters. The van der Waals surface area contributed by atoms with Crippen LogP contribution in [-0.2, 0) is 19.2 Å². The Labute approximate surface area is 295 Å². The number of carbonyl (C=O) groups excluding carboxylic acids is 4. The largest absolute Gasteiger partial charge is 0.481 e. The van der Waals surface area contributed by atoms with Gasteiger partial charge in [-0.3, -0.25) is 38.6 Å². The normalized spacial score (nSPS) is 15.5. The second kappa shape index (κ2) is 11.6. The first-order valence-electron chi connectivity index (χ1n) is 14.9. The van der Waals surface area contributed by atoms with Crippen LogP contribution in [0.25, 0.3) is 43.1 Å². The summed E-state index contributed by atoms with van der Waals surface area (Å²) in [5, 5.41) is 41.5. The number of nitrogens with zero attached hydrogens (tertiary/aromatic N) is 2. The van der Waals surface area contributed by atoms with Gasteiger partial charge in [0.2, 0.25) is 0 Å². The Hall–Kier alpha value is -5.48. The predicted molar refractivity (Wildman–Crippen MR) is 181 cm³/mol. The van der Waals surface area contributed by atoms with Gasteiger partial charge in [0, 0.05) is 76.4 Å². The first kappa shape index (κ1) is 33.0. The number of carboxylic acid groups (broad SMARTS) is 4. The molecule has 0 saturated carbocycles. The maximum atomic E-state index is 13.9. The quantitative estimate of drug-likeness (QED) is 0.0823. The Morgan fingerprint density at radius 3 is 1.18 bits per heavy atom. The summed E-state index contributed by atoms with van der Waals surface area (Å²) >= 11 is 7.10. The molecule has 2 heterocycles. The number of rotatable bonds is 10. The van der Waals surface area contributed by atoms with Crippen molar-refractivity contribution in [1.82, 2.24) is 9.80 Å². The molecular weight excluding hydrogens is 788 g/mol. The Kier molecular flexibility index (Phi) is 7.63. The SMILES string of the molecule is O=C(O)CC[C@@H](C(=O)O)N1C(=O)c2ccc3c4c(Br)cc5c6c(ccc(c7c(Br)cc(c2c37)C1=O)c64)C(=O)N([C@@H](CCC(=O)O)C(=O)O)C5=O. The summed E-state index contributed by atoms with van der Waals surface area (Å²) in [7, 11) is 0. The van der Waals surface area contributed by atoms with E-state index in [4.69, 9.17) is 10.2 Å². The molecule has 2 aliphatic heterocycles. The van der Waals surface area contributed by atoms with Gasteiger partial charge in [-0.25, -0.2) is 9.59 Å². The number of fused-ring (bicyclic) bond motifs is 2. The van der Waals surface area contributed by atoms with Gasteiger partial charge in [-0.05, 0) is 47.9 Å². The highest BCUT2D eigenvalue weighted by Crippen LogP contribution is 2.50. The Bertz CT molecular complexity index is 2320. The van der Waals surface area contributed by atoms with Crippen LogP contribution in [0.15, 0.2) is 45.3 Å². The molecule has 2 atom stereocenters. The fraction of sp³-hybridized carbons (Fsp3) is 0.176. The summed E-state index contributed by atoms with van der Waals surface area (Å²) in [6.07, 6.45) is -2.21. The van der Waals surface area contributed by atoms with E-state index in [1.54, 1.807) is 12.1 Å². The van der Waals surface area contributed by atoms with Crippen molar-refractivity contribution in [2.24, 2.45) is 0 Å². The van der Waals surface area contributed by atoms with Crippen LogP contribution >= 0.6 is 31.9 Å². The highest BCUT2D eigenvalue weighted by atomic mass is 79.9. The Balaban J connectivity index is 1.50. The molecule has 252 valence electrons. The van der Waals surface area contributed by atoms with Crippen LogP contribution in [0.1, 0.15) is 67.1 Å². The fourth-order valence-corrected chi connectivity index (χ4v) is 8.50. The average Bonchev–Trinajstić information content (AvgIpc) is 3.04. The molecule has 0 radical (unpaired) electrons. The number of carbonyl (C=O) groups is 8. The molecular formula is C34H20Br2N2O12. The second-order valence-electron chi connectivity index (χ2n) is 11.9. The molecule has 0 aromatic heterocycles. The lowest BCUT2D eigenvalue weighted by atomic mass is 9.81. The standard InChI is InChI=1S/C34H20Br2N2O12/c35-17-9-16-24-14(30(44)38(32(16)46)20(34(49)50)6-8-22(41)42)4-2-12-26-18(36)10-15-23-13(3-1-11(27(23)26)25(17)28(12)24)29(43)37(31(15)45)19(33(47)48)5-7-21(39)40/h1-4,9-10,19-20H,5-8H2,(H,39,40)(H,41,42)(H,47,48)(H,49,50)/t19-,20-/m0/s1. The van der Waals surface area contributed by atoms with Gasteiger partial charge < -0.3 is 20.4 Å². The zero-order valence-electron chi connectivity index (χ0n) is 25.2. The molecule has 4 amide bonds. The molecule has 0 fully saturated rings. The van der Waals surface area contributed by atoms with Crippen molar-refractivity contribution in [3.63, 3.8) is 0 Å². The van der Waals surface area contributed by atoms with Gasteiger partial charge in [0.1, 0.15) is 12.1 Å². The molecule has 0 aliphatic carbocycles. The van der Waals surface area contributed by atoms with Crippen molar-refractivity contribution in [3.8, 4) is 0 Å². The number of benzene rings is 5. The van der Waals surface area contributed by atoms with Crippen LogP contribution in [0.3, 0.4) is 0 Å². The lowest BCUT2D eigenvalue weighted by Crippen LogP contribution is -2.50. The number of aliphatic carboxylic acids is 4. The number of hydrogen-bond donors (Lipinski definition) is 4. The minimum absolute atomic E-state index is 0.000828.